The van der Waals surface area contributed by atoms with Gasteiger partial charge in [-0.25, -0.2) is 0 Å². The predicted octanol–water partition coefficient (Wildman–Crippen LogP) is 3.39. The van der Waals surface area contributed by atoms with Gasteiger partial charge in [0.2, 0.25) is 0 Å². The largest absolute Gasteiger partial charge is 0.507 e. The molecular weight excluding hydrogens is 160 g/mol. The van der Waals surface area contributed by atoms with Gasteiger partial charge in [0.05, 0.1) is 0 Å². The molecule has 0 spiro atoms. The molecule has 0 radical (unpaired) electrons. The molecule has 1 rings (SSSR count). The highest BCUT2D eigenvalue weighted by molar-refractivity contribution is 5.44. The Balaban J connectivity index is 3.25. The van der Waals surface area contributed by atoms with E-state index in [4.69, 9.17) is 0 Å². The van der Waals surface area contributed by atoms with Crippen molar-refractivity contribution in [3.63, 3.8) is 0 Å². The normalized spacial score (nSPS) is 10.8. The second kappa shape index (κ2) is 3.82. The SMILES string of the molecule is CCc1cc(C)c(O)c(C(C)C)c1. The van der Waals surface area contributed by atoms with E-state index in [0.717, 1.165) is 17.5 Å². The second-order valence-corrected chi connectivity index (χ2v) is 3.86. The average molecular weight is 178 g/mol. The van der Waals surface area contributed by atoms with E-state index < -0.39 is 0 Å². The third-order valence-corrected chi connectivity index (χ3v) is 2.42. The molecule has 0 aromatic heterocycles. The lowest BCUT2D eigenvalue weighted by Gasteiger charge is -2.12. The summed E-state index contributed by atoms with van der Waals surface area (Å²) in [5.41, 5.74) is 3.36. The Morgan fingerprint density at radius 3 is 2.38 bits per heavy atom. The van der Waals surface area contributed by atoms with Gasteiger partial charge in [0.25, 0.3) is 0 Å². The molecule has 0 saturated carbocycles. The van der Waals surface area contributed by atoms with Crippen molar-refractivity contribution in [2.45, 2.75) is 40.0 Å². The number of hydrogen-bond acceptors (Lipinski definition) is 1. The zero-order valence-corrected chi connectivity index (χ0v) is 8.89. The van der Waals surface area contributed by atoms with E-state index in [1.807, 2.05) is 6.92 Å². The number of phenols is 1. The van der Waals surface area contributed by atoms with Gasteiger partial charge >= 0.3 is 0 Å². The topological polar surface area (TPSA) is 20.2 Å². The molecule has 0 unspecified atom stereocenters. The Kier molecular flexibility index (Phi) is 2.97. The maximum atomic E-state index is 9.79. The fourth-order valence-corrected chi connectivity index (χ4v) is 1.53. The van der Waals surface area contributed by atoms with Crippen LogP contribution in [-0.2, 0) is 6.42 Å². The standard InChI is InChI=1S/C12H18O/c1-5-10-6-9(4)12(13)11(7-10)8(2)3/h6-8,13H,5H2,1-4H3. The van der Waals surface area contributed by atoms with Gasteiger partial charge in [-0.15, -0.1) is 0 Å². The molecule has 13 heavy (non-hydrogen) atoms. The smallest absolute Gasteiger partial charge is 0.121 e. The molecule has 1 heteroatoms. The first-order chi connectivity index (χ1) is 6.06. The van der Waals surface area contributed by atoms with Crippen LogP contribution >= 0.6 is 0 Å². The van der Waals surface area contributed by atoms with E-state index in [1.165, 1.54) is 5.56 Å². The number of aryl methyl sites for hydroxylation is 2. The lowest BCUT2D eigenvalue weighted by Crippen LogP contribution is -1.93. The van der Waals surface area contributed by atoms with Gasteiger partial charge in [-0.1, -0.05) is 32.9 Å². The first-order valence-electron chi connectivity index (χ1n) is 4.88. The van der Waals surface area contributed by atoms with Crippen LogP contribution in [0.5, 0.6) is 5.75 Å². The van der Waals surface area contributed by atoms with Crippen LogP contribution in [0.4, 0.5) is 0 Å². The summed E-state index contributed by atoms with van der Waals surface area (Å²) in [6.07, 6.45) is 1.03. The van der Waals surface area contributed by atoms with Crippen molar-refractivity contribution >= 4 is 0 Å². The number of benzene rings is 1. The van der Waals surface area contributed by atoms with Crippen molar-refractivity contribution in [2.24, 2.45) is 0 Å². The van der Waals surface area contributed by atoms with Crippen LogP contribution in [-0.4, -0.2) is 5.11 Å². The number of phenolic OH excluding ortho intramolecular Hbond substituents is 1. The first kappa shape index (κ1) is 10.1. The van der Waals surface area contributed by atoms with E-state index in [-0.39, 0.29) is 0 Å². The minimum absolute atomic E-state index is 0.394. The molecule has 0 amide bonds. The highest BCUT2D eigenvalue weighted by atomic mass is 16.3. The Hall–Kier alpha value is -0.980. The van der Waals surface area contributed by atoms with Gasteiger partial charge in [0.15, 0.2) is 0 Å². The van der Waals surface area contributed by atoms with Gasteiger partial charge in [-0.05, 0) is 36.0 Å². The molecular formula is C12H18O. The van der Waals surface area contributed by atoms with E-state index in [1.54, 1.807) is 0 Å². The van der Waals surface area contributed by atoms with Gasteiger partial charge < -0.3 is 5.11 Å². The molecule has 1 aromatic rings. The maximum Gasteiger partial charge on any atom is 0.121 e. The summed E-state index contributed by atoms with van der Waals surface area (Å²) in [6.45, 7) is 8.30. The summed E-state index contributed by atoms with van der Waals surface area (Å²) in [6, 6.07) is 4.16. The van der Waals surface area contributed by atoms with Crippen LogP contribution in [0.15, 0.2) is 12.1 Å². The van der Waals surface area contributed by atoms with E-state index >= 15 is 0 Å². The van der Waals surface area contributed by atoms with Gasteiger partial charge in [-0.2, -0.15) is 0 Å². The molecule has 0 saturated heterocycles. The van der Waals surface area contributed by atoms with Crippen LogP contribution in [0, 0.1) is 6.92 Å². The Bertz CT molecular complexity index is 300. The molecule has 0 aliphatic carbocycles. The monoisotopic (exact) mass is 178 g/mol. The molecule has 0 aliphatic rings. The Morgan fingerprint density at radius 2 is 1.92 bits per heavy atom. The van der Waals surface area contributed by atoms with Crippen molar-refractivity contribution in [3.05, 3.63) is 28.8 Å². The van der Waals surface area contributed by atoms with Crippen molar-refractivity contribution in [2.75, 3.05) is 0 Å². The highest BCUT2D eigenvalue weighted by Gasteiger charge is 2.09. The van der Waals surface area contributed by atoms with Crippen molar-refractivity contribution in [1.29, 1.82) is 0 Å². The Morgan fingerprint density at radius 1 is 1.31 bits per heavy atom. The summed E-state index contributed by atoms with van der Waals surface area (Å²) in [5, 5.41) is 9.79. The van der Waals surface area contributed by atoms with Crippen LogP contribution in [0.3, 0.4) is 0 Å². The summed E-state index contributed by atoms with van der Waals surface area (Å²) in [7, 11) is 0. The first-order valence-corrected chi connectivity index (χ1v) is 4.88. The highest BCUT2D eigenvalue weighted by Crippen LogP contribution is 2.29. The molecule has 0 bridgehead atoms. The molecule has 0 heterocycles. The second-order valence-electron chi connectivity index (χ2n) is 3.86. The molecule has 0 fully saturated rings. The van der Waals surface area contributed by atoms with Crippen LogP contribution in [0.25, 0.3) is 0 Å². The zero-order valence-electron chi connectivity index (χ0n) is 8.89. The fourth-order valence-electron chi connectivity index (χ4n) is 1.53. The van der Waals surface area contributed by atoms with Crippen molar-refractivity contribution in [1.82, 2.24) is 0 Å². The summed E-state index contributed by atoms with van der Waals surface area (Å²) < 4.78 is 0. The summed E-state index contributed by atoms with van der Waals surface area (Å²) in [4.78, 5) is 0. The lowest BCUT2D eigenvalue weighted by molar-refractivity contribution is 0.460. The average Bonchev–Trinajstić information content (AvgIpc) is 2.09. The predicted molar refractivity (Wildman–Crippen MR) is 56.3 cm³/mol. The molecule has 1 N–H and O–H groups in total. The molecule has 72 valence electrons. The molecule has 0 atom stereocenters. The third kappa shape index (κ3) is 2.03. The minimum atomic E-state index is 0.394. The Labute approximate surface area is 80.4 Å². The van der Waals surface area contributed by atoms with Gasteiger partial charge in [0.1, 0.15) is 5.75 Å². The quantitative estimate of drug-likeness (QED) is 0.736. The van der Waals surface area contributed by atoms with Crippen LogP contribution in [0.2, 0.25) is 0 Å². The van der Waals surface area contributed by atoms with E-state index in [0.29, 0.717) is 11.7 Å². The third-order valence-electron chi connectivity index (χ3n) is 2.42. The summed E-state index contributed by atoms with van der Waals surface area (Å²) >= 11 is 0. The van der Waals surface area contributed by atoms with Gasteiger partial charge in [0, 0.05) is 0 Å². The van der Waals surface area contributed by atoms with Gasteiger partial charge in [-0.3, -0.25) is 0 Å². The van der Waals surface area contributed by atoms with Crippen LogP contribution in [0.1, 0.15) is 43.4 Å². The van der Waals surface area contributed by atoms with E-state index in [9.17, 15) is 5.11 Å². The molecule has 1 nitrogen and oxygen atoms in total. The number of rotatable bonds is 2. The summed E-state index contributed by atoms with van der Waals surface area (Å²) in [5.74, 6) is 0.859. The molecule has 1 aromatic carbocycles. The number of aromatic hydroxyl groups is 1. The zero-order chi connectivity index (χ0) is 10.0. The van der Waals surface area contributed by atoms with E-state index in [2.05, 4.69) is 32.9 Å². The van der Waals surface area contributed by atoms with Crippen molar-refractivity contribution < 1.29 is 5.11 Å². The lowest BCUT2D eigenvalue weighted by atomic mass is 9.96. The fraction of sp³-hybridized carbons (Fsp3) is 0.500. The molecule has 0 aliphatic heterocycles. The van der Waals surface area contributed by atoms with Crippen molar-refractivity contribution in [3.8, 4) is 5.75 Å². The van der Waals surface area contributed by atoms with Crippen LogP contribution < -0.4 is 0 Å². The minimum Gasteiger partial charge on any atom is -0.507 e. The maximum absolute atomic E-state index is 9.79. The number of hydrogen-bond donors (Lipinski definition) is 1.